The molecular weight excluding hydrogens is 276 g/mol. The van der Waals surface area contributed by atoms with Crippen molar-refractivity contribution < 1.29 is 9.90 Å². The summed E-state index contributed by atoms with van der Waals surface area (Å²) in [4.78, 5) is 15.3. The molecule has 20 heavy (non-hydrogen) atoms. The molecule has 1 saturated carbocycles. The maximum atomic E-state index is 12.2. The van der Waals surface area contributed by atoms with E-state index in [0.717, 1.165) is 36.6 Å². The number of aliphatic hydroxyl groups is 1. The number of carbonyl (C=O) groups excluding carboxylic acids is 1. The number of hydrogen-bond acceptors (Lipinski definition) is 2. The molecule has 0 spiro atoms. The molecule has 0 unspecified atom stereocenters. The predicted octanol–water partition coefficient (Wildman–Crippen LogP) is 2.85. The van der Waals surface area contributed by atoms with Gasteiger partial charge >= 0.3 is 0 Å². The van der Waals surface area contributed by atoms with Gasteiger partial charge in [-0.05, 0) is 49.9 Å². The number of carbonyl (C=O) groups is 1. The Morgan fingerprint density at radius 2 is 2.00 bits per heavy atom. The molecule has 1 aliphatic rings. The fourth-order valence-electron chi connectivity index (χ4n) is 2.71. The lowest BCUT2D eigenvalue weighted by atomic mass is 9.93. The number of halogens is 1. The summed E-state index contributed by atoms with van der Waals surface area (Å²) >= 11 is 5.94. The minimum absolute atomic E-state index is 0.0984. The van der Waals surface area contributed by atoms with Crippen LogP contribution in [0.3, 0.4) is 0 Å². The number of fused-ring (bicyclic) bond motifs is 1. The first kappa shape index (κ1) is 13.5. The zero-order valence-corrected chi connectivity index (χ0v) is 11.8. The summed E-state index contributed by atoms with van der Waals surface area (Å²) in [6, 6.07) is 7.46. The van der Waals surface area contributed by atoms with E-state index in [2.05, 4.69) is 10.3 Å². The highest BCUT2D eigenvalue weighted by Crippen LogP contribution is 2.21. The predicted molar refractivity (Wildman–Crippen MR) is 79.0 cm³/mol. The zero-order chi connectivity index (χ0) is 14.1. The van der Waals surface area contributed by atoms with Gasteiger partial charge in [-0.25, -0.2) is 0 Å². The second-order valence-corrected chi connectivity index (χ2v) is 5.83. The van der Waals surface area contributed by atoms with Crippen molar-refractivity contribution >= 4 is 28.4 Å². The number of amides is 1. The van der Waals surface area contributed by atoms with Crippen LogP contribution in [0.15, 0.2) is 24.3 Å². The molecular formula is C15H17ClN2O2. The van der Waals surface area contributed by atoms with Gasteiger partial charge in [-0.15, -0.1) is 0 Å². The van der Waals surface area contributed by atoms with E-state index >= 15 is 0 Å². The highest BCUT2D eigenvalue weighted by atomic mass is 35.5. The number of aromatic nitrogens is 1. The van der Waals surface area contributed by atoms with E-state index in [0.29, 0.717) is 10.7 Å². The standard InChI is InChI=1S/C15H17ClN2O2/c16-10-1-6-13-9(7-10)8-14(18-13)15(20)17-11-2-4-12(19)5-3-11/h1,6-8,11-12,18-19H,2-5H2,(H,17,20). The normalized spacial score (nSPS) is 22.9. The van der Waals surface area contributed by atoms with Gasteiger partial charge < -0.3 is 15.4 Å². The molecule has 0 aliphatic heterocycles. The van der Waals surface area contributed by atoms with Gasteiger partial charge in [-0.1, -0.05) is 11.6 Å². The molecule has 1 aromatic carbocycles. The van der Waals surface area contributed by atoms with Crippen LogP contribution in [0.5, 0.6) is 0 Å². The first-order valence-electron chi connectivity index (χ1n) is 6.89. The Hall–Kier alpha value is -1.52. The van der Waals surface area contributed by atoms with E-state index in [1.54, 1.807) is 6.07 Å². The van der Waals surface area contributed by atoms with E-state index < -0.39 is 0 Å². The Kier molecular flexibility index (Phi) is 3.68. The van der Waals surface area contributed by atoms with E-state index in [4.69, 9.17) is 11.6 Å². The molecule has 0 bridgehead atoms. The van der Waals surface area contributed by atoms with Crippen molar-refractivity contribution in [3.8, 4) is 0 Å². The molecule has 0 radical (unpaired) electrons. The van der Waals surface area contributed by atoms with Crippen LogP contribution in [-0.2, 0) is 0 Å². The molecule has 5 heteroatoms. The summed E-state index contributed by atoms with van der Waals surface area (Å²) in [5, 5.41) is 14.1. The monoisotopic (exact) mass is 292 g/mol. The van der Waals surface area contributed by atoms with Crippen LogP contribution in [0.25, 0.3) is 10.9 Å². The third-order valence-electron chi connectivity index (χ3n) is 3.86. The molecule has 1 fully saturated rings. The Labute approximate surface area is 122 Å². The van der Waals surface area contributed by atoms with E-state index in [-0.39, 0.29) is 18.1 Å². The van der Waals surface area contributed by atoms with Gasteiger partial charge in [0.15, 0.2) is 0 Å². The average molecular weight is 293 g/mol. The van der Waals surface area contributed by atoms with Crippen LogP contribution in [0.1, 0.15) is 36.2 Å². The number of benzene rings is 1. The van der Waals surface area contributed by atoms with Gasteiger partial charge in [0.25, 0.3) is 5.91 Å². The van der Waals surface area contributed by atoms with Crippen molar-refractivity contribution in [2.45, 2.75) is 37.8 Å². The molecule has 1 heterocycles. The highest BCUT2D eigenvalue weighted by Gasteiger charge is 2.21. The van der Waals surface area contributed by atoms with Crippen molar-refractivity contribution in [1.29, 1.82) is 0 Å². The minimum atomic E-state index is -0.210. The van der Waals surface area contributed by atoms with E-state index in [9.17, 15) is 9.90 Å². The maximum absolute atomic E-state index is 12.2. The van der Waals surface area contributed by atoms with Crippen LogP contribution in [0.4, 0.5) is 0 Å². The molecule has 0 saturated heterocycles. The van der Waals surface area contributed by atoms with Crippen molar-refractivity contribution in [1.82, 2.24) is 10.3 Å². The number of hydrogen-bond donors (Lipinski definition) is 3. The molecule has 3 N–H and O–H groups in total. The maximum Gasteiger partial charge on any atom is 0.267 e. The third-order valence-corrected chi connectivity index (χ3v) is 4.09. The Morgan fingerprint density at radius 3 is 2.75 bits per heavy atom. The first-order chi connectivity index (χ1) is 9.61. The van der Waals surface area contributed by atoms with Gasteiger partial charge in [0.1, 0.15) is 5.69 Å². The fraction of sp³-hybridized carbons (Fsp3) is 0.400. The van der Waals surface area contributed by atoms with Gasteiger partial charge in [-0.2, -0.15) is 0 Å². The molecule has 1 amide bonds. The summed E-state index contributed by atoms with van der Waals surface area (Å²) in [5.41, 5.74) is 1.45. The van der Waals surface area contributed by atoms with Crippen molar-refractivity contribution in [2.75, 3.05) is 0 Å². The summed E-state index contributed by atoms with van der Waals surface area (Å²) in [6.45, 7) is 0. The van der Waals surface area contributed by atoms with Crippen LogP contribution < -0.4 is 5.32 Å². The lowest BCUT2D eigenvalue weighted by Crippen LogP contribution is -2.38. The quantitative estimate of drug-likeness (QED) is 0.797. The van der Waals surface area contributed by atoms with Crippen LogP contribution in [-0.4, -0.2) is 28.1 Å². The summed E-state index contributed by atoms with van der Waals surface area (Å²) in [5.74, 6) is -0.0984. The summed E-state index contributed by atoms with van der Waals surface area (Å²) in [6.07, 6.45) is 2.97. The van der Waals surface area contributed by atoms with Crippen molar-refractivity contribution in [3.63, 3.8) is 0 Å². The summed E-state index contributed by atoms with van der Waals surface area (Å²) in [7, 11) is 0. The molecule has 106 valence electrons. The second kappa shape index (κ2) is 5.46. The number of nitrogens with one attached hydrogen (secondary N) is 2. The fourth-order valence-corrected chi connectivity index (χ4v) is 2.89. The Bertz CT molecular complexity index is 630. The lowest BCUT2D eigenvalue weighted by molar-refractivity contribution is 0.0864. The second-order valence-electron chi connectivity index (χ2n) is 5.39. The van der Waals surface area contributed by atoms with E-state index in [1.165, 1.54) is 0 Å². The molecule has 2 aromatic rings. The number of rotatable bonds is 2. The number of H-pyrrole nitrogens is 1. The van der Waals surface area contributed by atoms with Crippen molar-refractivity contribution in [2.24, 2.45) is 0 Å². The molecule has 1 aromatic heterocycles. The van der Waals surface area contributed by atoms with Crippen LogP contribution in [0.2, 0.25) is 5.02 Å². The minimum Gasteiger partial charge on any atom is -0.393 e. The topological polar surface area (TPSA) is 65.1 Å². The Balaban J connectivity index is 1.72. The SMILES string of the molecule is O=C(NC1CCC(O)CC1)c1cc2cc(Cl)ccc2[nH]1. The van der Waals surface area contributed by atoms with Crippen LogP contribution in [0, 0.1) is 0 Å². The molecule has 3 rings (SSSR count). The number of aliphatic hydroxyl groups excluding tert-OH is 1. The largest absolute Gasteiger partial charge is 0.393 e. The summed E-state index contributed by atoms with van der Waals surface area (Å²) < 4.78 is 0. The number of aromatic amines is 1. The van der Waals surface area contributed by atoms with Gasteiger partial charge in [0.2, 0.25) is 0 Å². The van der Waals surface area contributed by atoms with Gasteiger partial charge in [-0.3, -0.25) is 4.79 Å². The molecule has 1 aliphatic carbocycles. The van der Waals surface area contributed by atoms with E-state index in [1.807, 2.05) is 18.2 Å². The highest BCUT2D eigenvalue weighted by molar-refractivity contribution is 6.31. The molecule has 0 atom stereocenters. The molecule has 4 nitrogen and oxygen atoms in total. The van der Waals surface area contributed by atoms with Gasteiger partial charge in [0, 0.05) is 22.0 Å². The van der Waals surface area contributed by atoms with Crippen LogP contribution >= 0.6 is 11.6 Å². The van der Waals surface area contributed by atoms with Crippen molar-refractivity contribution in [3.05, 3.63) is 35.0 Å². The third kappa shape index (κ3) is 2.81. The van der Waals surface area contributed by atoms with Gasteiger partial charge in [0.05, 0.1) is 6.10 Å². The lowest BCUT2D eigenvalue weighted by Gasteiger charge is -2.25. The average Bonchev–Trinajstić information content (AvgIpc) is 2.84. The smallest absolute Gasteiger partial charge is 0.267 e. The first-order valence-corrected chi connectivity index (χ1v) is 7.27. The Morgan fingerprint density at radius 1 is 1.25 bits per heavy atom. The zero-order valence-electron chi connectivity index (χ0n) is 11.0.